The molecule has 0 aromatic heterocycles. The van der Waals surface area contributed by atoms with Gasteiger partial charge >= 0.3 is 0 Å². The Morgan fingerprint density at radius 3 is 2.81 bits per heavy atom. The molecule has 0 spiro atoms. The van der Waals surface area contributed by atoms with Gasteiger partial charge in [-0.05, 0) is 24.7 Å². The lowest BCUT2D eigenvalue weighted by atomic mass is 9.88. The van der Waals surface area contributed by atoms with Crippen LogP contribution >= 0.6 is 0 Å². The second-order valence-corrected chi connectivity index (χ2v) is 4.51. The first-order chi connectivity index (χ1) is 7.58. The van der Waals surface area contributed by atoms with Crippen LogP contribution in [0.5, 0.6) is 0 Å². The molecule has 2 rings (SSSR count). The maximum atomic E-state index is 11.4. The van der Waals surface area contributed by atoms with Crippen LogP contribution in [-0.2, 0) is 4.79 Å². The van der Waals surface area contributed by atoms with E-state index in [1.54, 1.807) is 0 Å². The van der Waals surface area contributed by atoms with Crippen molar-refractivity contribution in [1.29, 1.82) is 0 Å². The number of hydrogen-bond acceptors (Lipinski definition) is 3. The van der Waals surface area contributed by atoms with Gasteiger partial charge in [0.25, 0.3) is 0 Å². The predicted molar refractivity (Wildman–Crippen MR) is 63.8 cm³/mol. The zero-order valence-electron chi connectivity index (χ0n) is 9.39. The molecule has 1 aromatic rings. The summed E-state index contributed by atoms with van der Waals surface area (Å²) in [6, 6.07) is 7.71. The summed E-state index contributed by atoms with van der Waals surface area (Å²) < 4.78 is 0. The Morgan fingerprint density at radius 2 is 2.19 bits per heavy atom. The topological polar surface area (TPSA) is 72.3 Å². The van der Waals surface area contributed by atoms with Gasteiger partial charge in [-0.1, -0.05) is 12.1 Å². The highest BCUT2D eigenvalue weighted by atomic mass is 16.1. The number of rotatable bonds is 2. The molecule has 86 valence electrons. The highest BCUT2D eigenvalue weighted by molar-refractivity contribution is 5.78. The molecule has 0 unspecified atom stereocenters. The maximum Gasteiger partial charge on any atom is 0.222 e. The van der Waals surface area contributed by atoms with Crippen LogP contribution < -0.4 is 11.5 Å². The fraction of sp³-hybridized carbons (Fsp3) is 0.417. The number of likely N-dealkylation sites (N-methyl/N-ethyl adjacent to an activating group) is 1. The third kappa shape index (κ3) is 2.02. The minimum atomic E-state index is -0.225. The molecular weight excluding hydrogens is 202 g/mol. The molecule has 4 heteroatoms. The van der Waals surface area contributed by atoms with Crippen LogP contribution in [0.3, 0.4) is 0 Å². The number of likely N-dealkylation sites (tertiary alicyclic amines) is 1. The van der Waals surface area contributed by atoms with Crippen molar-refractivity contribution in [3.8, 4) is 0 Å². The van der Waals surface area contributed by atoms with Crippen molar-refractivity contribution >= 4 is 11.6 Å². The van der Waals surface area contributed by atoms with Crippen molar-refractivity contribution in [2.24, 2.45) is 11.7 Å². The molecule has 1 aliphatic rings. The van der Waals surface area contributed by atoms with Gasteiger partial charge in [0, 0.05) is 24.7 Å². The Balaban J connectivity index is 2.28. The number of amides is 1. The lowest BCUT2D eigenvalue weighted by molar-refractivity contribution is -0.121. The van der Waals surface area contributed by atoms with E-state index in [4.69, 9.17) is 11.5 Å². The highest BCUT2D eigenvalue weighted by Gasteiger charge is 2.35. The van der Waals surface area contributed by atoms with E-state index in [0.29, 0.717) is 0 Å². The lowest BCUT2D eigenvalue weighted by Crippen LogP contribution is -2.28. The van der Waals surface area contributed by atoms with Gasteiger partial charge in [-0.25, -0.2) is 0 Å². The molecule has 1 heterocycles. The second kappa shape index (κ2) is 4.14. The highest BCUT2D eigenvalue weighted by Crippen LogP contribution is 2.32. The molecule has 1 aromatic carbocycles. The van der Waals surface area contributed by atoms with E-state index in [1.807, 2.05) is 31.3 Å². The SMILES string of the molecule is CN1C[C@H](C(N)=O)[C@H](c2cccc(N)c2)C1. The average Bonchev–Trinajstić information content (AvgIpc) is 2.60. The standard InChI is InChI=1S/C12H17N3O/c1-15-6-10(11(7-15)12(14)16)8-3-2-4-9(13)5-8/h2-5,10-11H,6-7,13H2,1H3,(H2,14,16)/t10-,11-/m0/s1. The van der Waals surface area contributed by atoms with Crippen LogP contribution in [0.2, 0.25) is 0 Å². The largest absolute Gasteiger partial charge is 0.399 e. The Hall–Kier alpha value is -1.55. The van der Waals surface area contributed by atoms with E-state index in [1.165, 1.54) is 0 Å². The van der Waals surface area contributed by atoms with Crippen LogP contribution in [-0.4, -0.2) is 30.9 Å². The Morgan fingerprint density at radius 1 is 1.44 bits per heavy atom. The summed E-state index contributed by atoms with van der Waals surface area (Å²) in [7, 11) is 2.00. The molecule has 1 amide bonds. The maximum absolute atomic E-state index is 11.4. The number of benzene rings is 1. The fourth-order valence-corrected chi connectivity index (χ4v) is 2.42. The molecule has 16 heavy (non-hydrogen) atoms. The van der Waals surface area contributed by atoms with E-state index < -0.39 is 0 Å². The van der Waals surface area contributed by atoms with Gasteiger partial charge in [0.2, 0.25) is 5.91 Å². The third-order valence-corrected chi connectivity index (χ3v) is 3.21. The van der Waals surface area contributed by atoms with E-state index in [-0.39, 0.29) is 17.7 Å². The number of anilines is 1. The van der Waals surface area contributed by atoms with Crippen LogP contribution in [0.1, 0.15) is 11.5 Å². The zero-order valence-corrected chi connectivity index (χ0v) is 9.39. The molecule has 2 atom stereocenters. The lowest BCUT2D eigenvalue weighted by Gasteiger charge is -2.16. The van der Waals surface area contributed by atoms with Crippen molar-refractivity contribution in [2.75, 3.05) is 25.9 Å². The number of primary amides is 1. The van der Waals surface area contributed by atoms with Gasteiger partial charge in [-0.3, -0.25) is 4.79 Å². The van der Waals surface area contributed by atoms with Crippen LogP contribution in [0, 0.1) is 5.92 Å². The van der Waals surface area contributed by atoms with Crippen molar-refractivity contribution in [1.82, 2.24) is 4.90 Å². The van der Waals surface area contributed by atoms with Gasteiger partial charge in [0.15, 0.2) is 0 Å². The Kier molecular flexibility index (Phi) is 2.83. The van der Waals surface area contributed by atoms with Gasteiger partial charge < -0.3 is 16.4 Å². The van der Waals surface area contributed by atoms with Gasteiger partial charge in [0.05, 0.1) is 5.92 Å². The first kappa shape index (κ1) is 11.0. The molecule has 0 bridgehead atoms. The molecule has 4 N–H and O–H groups in total. The molecular formula is C12H17N3O. The molecule has 1 fully saturated rings. The number of carbonyl (C=O) groups is 1. The summed E-state index contributed by atoms with van der Waals surface area (Å²) in [6.07, 6.45) is 0. The molecule has 1 aliphatic heterocycles. The van der Waals surface area contributed by atoms with Crippen LogP contribution in [0.25, 0.3) is 0 Å². The zero-order chi connectivity index (χ0) is 11.7. The summed E-state index contributed by atoms with van der Waals surface area (Å²) >= 11 is 0. The summed E-state index contributed by atoms with van der Waals surface area (Å²) in [5.41, 5.74) is 13.0. The summed E-state index contributed by atoms with van der Waals surface area (Å²) in [5.74, 6) is -0.158. The van der Waals surface area contributed by atoms with Gasteiger partial charge in [-0.2, -0.15) is 0 Å². The quantitative estimate of drug-likeness (QED) is 0.707. The second-order valence-electron chi connectivity index (χ2n) is 4.51. The number of nitrogens with zero attached hydrogens (tertiary/aromatic N) is 1. The molecule has 4 nitrogen and oxygen atoms in total. The summed E-state index contributed by atoms with van der Waals surface area (Å²) in [5, 5.41) is 0. The Labute approximate surface area is 95.2 Å². The minimum absolute atomic E-state index is 0.105. The normalized spacial score (nSPS) is 25.8. The monoisotopic (exact) mass is 219 g/mol. The number of nitrogen functional groups attached to an aromatic ring is 1. The number of nitrogens with two attached hydrogens (primary N) is 2. The van der Waals surface area contributed by atoms with Crippen molar-refractivity contribution in [3.63, 3.8) is 0 Å². The minimum Gasteiger partial charge on any atom is -0.399 e. The summed E-state index contributed by atoms with van der Waals surface area (Å²) in [4.78, 5) is 13.5. The third-order valence-electron chi connectivity index (χ3n) is 3.21. The summed E-state index contributed by atoms with van der Waals surface area (Å²) in [6.45, 7) is 1.59. The average molecular weight is 219 g/mol. The van der Waals surface area contributed by atoms with Crippen LogP contribution in [0.15, 0.2) is 24.3 Å². The fourth-order valence-electron chi connectivity index (χ4n) is 2.42. The van der Waals surface area contributed by atoms with Crippen LogP contribution in [0.4, 0.5) is 5.69 Å². The molecule has 1 saturated heterocycles. The number of hydrogen-bond donors (Lipinski definition) is 2. The van der Waals surface area contributed by atoms with E-state index >= 15 is 0 Å². The first-order valence-electron chi connectivity index (χ1n) is 5.41. The van der Waals surface area contributed by atoms with E-state index in [2.05, 4.69) is 4.90 Å². The smallest absolute Gasteiger partial charge is 0.222 e. The van der Waals surface area contributed by atoms with Gasteiger partial charge in [0.1, 0.15) is 0 Å². The van der Waals surface area contributed by atoms with E-state index in [9.17, 15) is 4.79 Å². The first-order valence-corrected chi connectivity index (χ1v) is 5.41. The van der Waals surface area contributed by atoms with Crippen molar-refractivity contribution in [3.05, 3.63) is 29.8 Å². The van der Waals surface area contributed by atoms with Gasteiger partial charge in [-0.15, -0.1) is 0 Å². The molecule has 0 radical (unpaired) electrons. The molecule has 0 saturated carbocycles. The number of carbonyl (C=O) groups excluding carboxylic acids is 1. The van der Waals surface area contributed by atoms with E-state index in [0.717, 1.165) is 24.3 Å². The Bertz CT molecular complexity index is 405. The van der Waals surface area contributed by atoms with Crippen molar-refractivity contribution < 1.29 is 4.79 Å². The van der Waals surface area contributed by atoms with Crippen molar-refractivity contribution in [2.45, 2.75) is 5.92 Å². The predicted octanol–water partition coefficient (Wildman–Crippen LogP) is 0.399. The molecule has 0 aliphatic carbocycles.